The lowest BCUT2D eigenvalue weighted by atomic mass is 10.2. The summed E-state index contributed by atoms with van der Waals surface area (Å²) in [4.78, 5) is 14.6. The number of imidazole rings is 1. The molecule has 0 atom stereocenters. The van der Waals surface area contributed by atoms with E-state index in [-0.39, 0.29) is 22.9 Å². The quantitative estimate of drug-likeness (QED) is 0.897. The molecular formula is C11H10F2N2O3. The fraction of sp³-hybridized carbons (Fsp3) is 0.273. The topological polar surface area (TPSA) is 64.4 Å². The molecule has 1 aromatic heterocycles. The van der Waals surface area contributed by atoms with Crippen LogP contribution in [0.15, 0.2) is 12.4 Å². The molecule has 2 aromatic rings. The molecule has 0 aliphatic carbocycles. The van der Waals surface area contributed by atoms with Crippen molar-refractivity contribution in [3.05, 3.63) is 24.0 Å². The summed E-state index contributed by atoms with van der Waals surface area (Å²) in [5.41, 5.74) is -0.469. The smallest absolute Gasteiger partial charge is 0.417 e. The van der Waals surface area contributed by atoms with E-state index in [1.807, 2.05) is 0 Å². The first kappa shape index (κ1) is 12.3. The number of halogens is 2. The van der Waals surface area contributed by atoms with E-state index < -0.39 is 17.7 Å². The molecule has 0 spiro atoms. The molecule has 0 saturated heterocycles. The van der Waals surface area contributed by atoms with Crippen molar-refractivity contribution in [3.63, 3.8) is 0 Å². The Morgan fingerprint density at radius 1 is 1.44 bits per heavy atom. The number of ether oxygens (including phenoxy) is 1. The summed E-state index contributed by atoms with van der Waals surface area (Å²) >= 11 is 0. The molecule has 0 saturated carbocycles. The van der Waals surface area contributed by atoms with Gasteiger partial charge in [0.2, 0.25) is 0 Å². The van der Waals surface area contributed by atoms with Crippen molar-refractivity contribution in [2.45, 2.75) is 20.0 Å². The Morgan fingerprint density at radius 3 is 2.67 bits per heavy atom. The summed E-state index contributed by atoms with van der Waals surface area (Å²) in [5.74, 6) is -2.16. The third-order valence-corrected chi connectivity index (χ3v) is 2.24. The zero-order valence-corrected chi connectivity index (χ0v) is 9.65. The van der Waals surface area contributed by atoms with Crippen LogP contribution < -0.4 is 4.74 Å². The van der Waals surface area contributed by atoms with E-state index in [9.17, 15) is 13.6 Å². The van der Waals surface area contributed by atoms with Gasteiger partial charge in [-0.15, -0.1) is 0 Å². The largest absolute Gasteiger partial charge is 0.486 e. The summed E-state index contributed by atoms with van der Waals surface area (Å²) in [7, 11) is 0. The van der Waals surface area contributed by atoms with Gasteiger partial charge in [-0.05, 0) is 13.8 Å². The summed E-state index contributed by atoms with van der Waals surface area (Å²) in [5, 5.41) is 8.86. The number of benzene rings is 1. The van der Waals surface area contributed by atoms with Crippen LogP contribution in [0.3, 0.4) is 0 Å². The zero-order chi connectivity index (χ0) is 13.4. The summed E-state index contributed by atoms with van der Waals surface area (Å²) in [6, 6.07) is 0.584. The minimum atomic E-state index is -1.40. The Kier molecular flexibility index (Phi) is 2.90. The van der Waals surface area contributed by atoms with Crippen LogP contribution in [-0.2, 0) is 0 Å². The van der Waals surface area contributed by atoms with E-state index in [0.29, 0.717) is 10.6 Å². The lowest BCUT2D eigenvalue weighted by Crippen LogP contribution is -2.10. The molecule has 2 rings (SSSR count). The molecule has 5 nitrogen and oxygen atoms in total. The Morgan fingerprint density at radius 2 is 2.11 bits per heavy atom. The van der Waals surface area contributed by atoms with Gasteiger partial charge in [0.05, 0.1) is 6.10 Å². The second kappa shape index (κ2) is 4.25. The van der Waals surface area contributed by atoms with Crippen LogP contribution in [0, 0.1) is 11.6 Å². The van der Waals surface area contributed by atoms with Crippen LogP contribution in [0.1, 0.15) is 13.8 Å². The first-order valence-corrected chi connectivity index (χ1v) is 5.16. The fourth-order valence-corrected chi connectivity index (χ4v) is 1.59. The standard InChI is InChI=1S/C11H10F2N2O3/c1-5(2)18-10-7(13)3-6(12)9-8(10)14-4-15(9)11(16)17/h3-5H,1-2H3,(H,16,17). The van der Waals surface area contributed by atoms with Crippen molar-refractivity contribution in [1.82, 2.24) is 9.55 Å². The molecule has 0 unspecified atom stereocenters. The van der Waals surface area contributed by atoms with Crippen LogP contribution in [-0.4, -0.2) is 26.9 Å². The van der Waals surface area contributed by atoms with Gasteiger partial charge in [0.1, 0.15) is 17.4 Å². The molecule has 1 aromatic carbocycles. The molecular weight excluding hydrogens is 246 g/mol. The second-order valence-electron chi connectivity index (χ2n) is 3.93. The Hall–Kier alpha value is -2.18. The van der Waals surface area contributed by atoms with Gasteiger partial charge in [0.25, 0.3) is 0 Å². The van der Waals surface area contributed by atoms with Crippen LogP contribution >= 0.6 is 0 Å². The van der Waals surface area contributed by atoms with Crippen molar-refractivity contribution in [1.29, 1.82) is 0 Å². The molecule has 0 bridgehead atoms. The molecule has 1 N–H and O–H groups in total. The van der Waals surface area contributed by atoms with Crippen molar-refractivity contribution in [2.75, 3.05) is 0 Å². The second-order valence-corrected chi connectivity index (χ2v) is 3.93. The highest BCUT2D eigenvalue weighted by Crippen LogP contribution is 2.30. The molecule has 0 fully saturated rings. The maximum atomic E-state index is 13.6. The van der Waals surface area contributed by atoms with Crippen molar-refractivity contribution in [3.8, 4) is 5.75 Å². The van der Waals surface area contributed by atoms with Gasteiger partial charge in [-0.1, -0.05) is 0 Å². The highest BCUT2D eigenvalue weighted by atomic mass is 19.1. The van der Waals surface area contributed by atoms with E-state index in [1.165, 1.54) is 0 Å². The fourth-order valence-electron chi connectivity index (χ4n) is 1.59. The average Bonchev–Trinajstić information content (AvgIpc) is 2.68. The van der Waals surface area contributed by atoms with E-state index in [4.69, 9.17) is 9.84 Å². The zero-order valence-electron chi connectivity index (χ0n) is 9.65. The summed E-state index contributed by atoms with van der Waals surface area (Å²) in [6.45, 7) is 3.34. The van der Waals surface area contributed by atoms with Gasteiger partial charge in [0.15, 0.2) is 17.4 Å². The number of carbonyl (C=O) groups is 1. The highest BCUT2D eigenvalue weighted by Gasteiger charge is 2.21. The SMILES string of the molecule is CC(C)Oc1c(F)cc(F)c2c1ncn2C(=O)O. The number of nitrogens with zero attached hydrogens (tertiary/aromatic N) is 2. The molecule has 7 heteroatoms. The third kappa shape index (κ3) is 1.87. The van der Waals surface area contributed by atoms with Crippen molar-refractivity contribution < 1.29 is 23.4 Å². The lowest BCUT2D eigenvalue weighted by molar-refractivity contribution is 0.197. The molecule has 1 heterocycles. The number of fused-ring (bicyclic) bond motifs is 1. The van der Waals surface area contributed by atoms with Crippen LogP contribution in [0.25, 0.3) is 11.0 Å². The van der Waals surface area contributed by atoms with E-state index >= 15 is 0 Å². The maximum absolute atomic E-state index is 13.6. The molecule has 18 heavy (non-hydrogen) atoms. The van der Waals surface area contributed by atoms with Gasteiger partial charge >= 0.3 is 6.09 Å². The predicted molar refractivity (Wildman–Crippen MR) is 58.8 cm³/mol. The minimum absolute atomic E-state index is 0.149. The first-order chi connectivity index (χ1) is 8.41. The lowest BCUT2D eigenvalue weighted by Gasteiger charge is -2.11. The normalized spacial score (nSPS) is 11.2. The summed E-state index contributed by atoms with van der Waals surface area (Å²) < 4.78 is 33.0. The van der Waals surface area contributed by atoms with Crippen LogP contribution in [0.4, 0.5) is 13.6 Å². The molecule has 0 aliphatic heterocycles. The molecule has 0 aliphatic rings. The molecule has 0 amide bonds. The van der Waals surface area contributed by atoms with Gasteiger partial charge < -0.3 is 9.84 Å². The number of hydrogen-bond acceptors (Lipinski definition) is 3. The highest BCUT2D eigenvalue weighted by molar-refractivity contribution is 5.89. The van der Waals surface area contributed by atoms with E-state index in [2.05, 4.69) is 4.98 Å². The van der Waals surface area contributed by atoms with Crippen molar-refractivity contribution >= 4 is 17.1 Å². The Labute approximate surface area is 101 Å². The third-order valence-electron chi connectivity index (χ3n) is 2.24. The number of aromatic nitrogens is 2. The Balaban J connectivity index is 2.76. The van der Waals surface area contributed by atoms with Crippen molar-refractivity contribution in [2.24, 2.45) is 0 Å². The Bertz CT molecular complexity index is 622. The first-order valence-electron chi connectivity index (χ1n) is 5.16. The van der Waals surface area contributed by atoms with Crippen LogP contribution in [0.2, 0.25) is 0 Å². The summed E-state index contributed by atoms with van der Waals surface area (Å²) in [6.07, 6.45) is -0.843. The monoisotopic (exact) mass is 256 g/mol. The number of carboxylic acid groups (broad SMARTS) is 1. The predicted octanol–water partition coefficient (Wildman–Crippen LogP) is 2.63. The maximum Gasteiger partial charge on any atom is 0.417 e. The van der Waals surface area contributed by atoms with E-state index in [1.54, 1.807) is 13.8 Å². The average molecular weight is 256 g/mol. The van der Waals surface area contributed by atoms with Gasteiger partial charge in [-0.2, -0.15) is 0 Å². The minimum Gasteiger partial charge on any atom is -0.486 e. The number of rotatable bonds is 2. The number of hydrogen-bond donors (Lipinski definition) is 1. The van der Waals surface area contributed by atoms with E-state index in [0.717, 1.165) is 6.33 Å². The van der Waals surface area contributed by atoms with Gasteiger partial charge in [0, 0.05) is 6.07 Å². The van der Waals surface area contributed by atoms with Crippen LogP contribution in [0.5, 0.6) is 5.75 Å². The van der Waals surface area contributed by atoms with Gasteiger partial charge in [-0.25, -0.2) is 23.1 Å². The van der Waals surface area contributed by atoms with Gasteiger partial charge in [-0.3, -0.25) is 0 Å². The molecule has 96 valence electrons. The molecule has 0 radical (unpaired) electrons.